The fourth-order valence-corrected chi connectivity index (χ4v) is 1.63. The molecule has 0 saturated carbocycles. The molecule has 0 N–H and O–H groups in total. The molecule has 0 spiro atoms. The van der Waals surface area contributed by atoms with Gasteiger partial charge in [0.2, 0.25) is 0 Å². The molecule has 4 nitrogen and oxygen atoms in total. The van der Waals surface area contributed by atoms with Gasteiger partial charge in [0.15, 0.2) is 11.6 Å². The number of carbonyl (C=O) groups is 1. The summed E-state index contributed by atoms with van der Waals surface area (Å²) >= 11 is 0. The van der Waals surface area contributed by atoms with Crippen molar-refractivity contribution >= 4 is 5.97 Å². The Kier molecular flexibility index (Phi) is 4.30. The van der Waals surface area contributed by atoms with Gasteiger partial charge in [-0.15, -0.1) is 0 Å². The molecule has 0 amide bonds. The molecule has 2 rings (SSSR count). The summed E-state index contributed by atoms with van der Waals surface area (Å²) in [5, 5.41) is 0. The molecule has 1 aromatic heterocycles. The van der Waals surface area contributed by atoms with Gasteiger partial charge in [-0.1, -0.05) is 12.1 Å². The van der Waals surface area contributed by atoms with Crippen LogP contribution in [0.4, 0.5) is 4.39 Å². The molecule has 0 fully saturated rings. The normalized spacial score (nSPS) is 10.2. The van der Waals surface area contributed by atoms with Crippen LogP contribution in [0.15, 0.2) is 36.5 Å². The molecule has 0 aliphatic rings. The number of nitrogens with zero attached hydrogens (tertiary/aromatic N) is 1. The zero-order chi connectivity index (χ0) is 14.5. The van der Waals surface area contributed by atoms with Crippen molar-refractivity contribution in [2.24, 2.45) is 0 Å². The van der Waals surface area contributed by atoms with Gasteiger partial charge in [-0.3, -0.25) is 4.98 Å². The summed E-state index contributed by atoms with van der Waals surface area (Å²) in [5.74, 6) is -0.641. The summed E-state index contributed by atoms with van der Waals surface area (Å²) in [6, 6.07) is 8.18. The van der Waals surface area contributed by atoms with E-state index in [2.05, 4.69) is 9.72 Å². The first-order valence-electron chi connectivity index (χ1n) is 6.03. The standard InChI is InChI=1S/C15H14FNO3/c1-10-4-3-5-13(14(10)16)20-9-12-7-6-11(8-17-12)15(18)19-2/h3-8H,9H2,1-2H3. The van der Waals surface area contributed by atoms with Crippen LogP contribution in [0.3, 0.4) is 0 Å². The lowest BCUT2D eigenvalue weighted by Crippen LogP contribution is -2.04. The topological polar surface area (TPSA) is 48.4 Å². The predicted molar refractivity (Wildman–Crippen MR) is 71.0 cm³/mol. The average molecular weight is 275 g/mol. The Morgan fingerprint density at radius 1 is 1.30 bits per heavy atom. The van der Waals surface area contributed by atoms with Gasteiger partial charge in [0, 0.05) is 6.20 Å². The van der Waals surface area contributed by atoms with E-state index in [0.29, 0.717) is 16.8 Å². The van der Waals surface area contributed by atoms with E-state index >= 15 is 0 Å². The Labute approximate surface area is 116 Å². The highest BCUT2D eigenvalue weighted by Crippen LogP contribution is 2.20. The van der Waals surface area contributed by atoms with E-state index in [-0.39, 0.29) is 18.2 Å². The monoisotopic (exact) mass is 275 g/mol. The molecule has 0 unspecified atom stereocenters. The quantitative estimate of drug-likeness (QED) is 0.805. The zero-order valence-corrected chi connectivity index (χ0v) is 11.2. The molecule has 1 heterocycles. The minimum absolute atomic E-state index is 0.127. The largest absolute Gasteiger partial charge is 0.484 e. The van der Waals surface area contributed by atoms with Crippen LogP contribution in [0.5, 0.6) is 5.75 Å². The second-order valence-corrected chi connectivity index (χ2v) is 4.21. The van der Waals surface area contributed by atoms with Crippen LogP contribution in [-0.4, -0.2) is 18.1 Å². The summed E-state index contributed by atoms with van der Waals surface area (Å²) in [5.41, 5.74) is 1.48. The third kappa shape index (κ3) is 3.12. The van der Waals surface area contributed by atoms with Crippen molar-refractivity contribution in [1.29, 1.82) is 0 Å². The van der Waals surface area contributed by atoms with Gasteiger partial charge in [-0.25, -0.2) is 9.18 Å². The van der Waals surface area contributed by atoms with Crippen molar-refractivity contribution in [3.05, 3.63) is 59.2 Å². The molecule has 5 heteroatoms. The molecule has 2 aromatic rings. The number of aryl methyl sites for hydroxylation is 1. The minimum atomic E-state index is -0.449. The molecular weight excluding hydrogens is 261 g/mol. The van der Waals surface area contributed by atoms with Crippen molar-refractivity contribution in [2.75, 3.05) is 7.11 Å². The summed E-state index contributed by atoms with van der Waals surface area (Å²) in [7, 11) is 1.31. The van der Waals surface area contributed by atoms with Crippen molar-refractivity contribution in [1.82, 2.24) is 4.98 Å². The lowest BCUT2D eigenvalue weighted by Gasteiger charge is -2.08. The van der Waals surface area contributed by atoms with E-state index < -0.39 is 5.97 Å². The Balaban J connectivity index is 2.04. The van der Waals surface area contributed by atoms with Crippen molar-refractivity contribution in [3.8, 4) is 5.75 Å². The Morgan fingerprint density at radius 2 is 2.10 bits per heavy atom. The molecule has 0 aliphatic heterocycles. The molecule has 20 heavy (non-hydrogen) atoms. The summed E-state index contributed by atoms with van der Waals surface area (Å²) < 4.78 is 23.7. The van der Waals surface area contributed by atoms with Crippen molar-refractivity contribution < 1.29 is 18.7 Å². The van der Waals surface area contributed by atoms with Crippen LogP contribution in [0.1, 0.15) is 21.6 Å². The molecule has 104 valence electrons. The van der Waals surface area contributed by atoms with Crippen LogP contribution in [0.2, 0.25) is 0 Å². The number of carbonyl (C=O) groups excluding carboxylic acids is 1. The van der Waals surface area contributed by atoms with Crippen LogP contribution < -0.4 is 4.74 Å². The molecule has 0 aliphatic carbocycles. The van der Waals surface area contributed by atoms with Crippen molar-refractivity contribution in [3.63, 3.8) is 0 Å². The SMILES string of the molecule is COC(=O)c1ccc(COc2cccc(C)c2F)nc1. The van der Waals surface area contributed by atoms with Crippen LogP contribution >= 0.6 is 0 Å². The van der Waals surface area contributed by atoms with Crippen LogP contribution in [0, 0.1) is 12.7 Å². The Morgan fingerprint density at radius 3 is 2.75 bits per heavy atom. The smallest absolute Gasteiger partial charge is 0.339 e. The number of pyridine rings is 1. The van der Waals surface area contributed by atoms with Crippen LogP contribution in [0.25, 0.3) is 0 Å². The zero-order valence-electron chi connectivity index (χ0n) is 11.2. The van der Waals surface area contributed by atoms with Gasteiger partial charge in [0.25, 0.3) is 0 Å². The number of methoxy groups -OCH3 is 1. The fourth-order valence-electron chi connectivity index (χ4n) is 1.63. The predicted octanol–water partition coefficient (Wildman–Crippen LogP) is 2.89. The molecule has 1 aromatic carbocycles. The molecule has 0 saturated heterocycles. The van der Waals surface area contributed by atoms with Gasteiger partial charge in [0.05, 0.1) is 18.4 Å². The first-order valence-corrected chi connectivity index (χ1v) is 6.03. The maximum atomic E-state index is 13.7. The Bertz CT molecular complexity index is 611. The molecule has 0 bridgehead atoms. The minimum Gasteiger partial charge on any atom is -0.484 e. The average Bonchev–Trinajstić information content (AvgIpc) is 2.48. The second kappa shape index (κ2) is 6.14. The number of aromatic nitrogens is 1. The summed E-state index contributed by atoms with van der Waals surface area (Å²) in [6.07, 6.45) is 1.40. The van der Waals surface area contributed by atoms with Gasteiger partial charge in [-0.05, 0) is 30.7 Å². The number of ether oxygens (including phenoxy) is 2. The number of hydrogen-bond donors (Lipinski definition) is 0. The van der Waals surface area contributed by atoms with E-state index in [1.807, 2.05) is 0 Å². The molecule has 0 atom stereocenters. The number of hydrogen-bond acceptors (Lipinski definition) is 4. The molecular formula is C15H14FNO3. The van der Waals surface area contributed by atoms with E-state index in [9.17, 15) is 9.18 Å². The summed E-state index contributed by atoms with van der Waals surface area (Å²) in [6.45, 7) is 1.80. The van der Waals surface area contributed by atoms with E-state index in [1.165, 1.54) is 13.3 Å². The van der Waals surface area contributed by atoms with E-state index in [0.717, 1.165) is 0 Å². The maximum Gasteiger partial charge on any atom is 0.339 e. The van der Waals surface area contributed by atoms with E-state index in [1.54, 1.807) is 37.3 Å². The first-order chi connectivity index (χ1) is 9.61. The lowest BCUT2D eigenvalue weighted by molar-refractivity contribution is 0.0600. The third-order valence-corrected chi connectivity index (χ3v) is 2.78. The van der Waals surface area contributed by atoms with E-state index in [4.69, 9.17) is 4.74 Å². The third-order valence-electron chi connectivity index (χ3n) is 2.78. The number of benzene rings is 1. The summed E-state index contributed by atoms with van der Waals surface area (Å²) in [4.78, 5) is 15.3. The van der Waals surface area contributed by atoms with Gasteiger partial charge in [-0.2, -0.15) is 0 Å². The lowest BCUT2D eigenvalue weighted by atomic mass is 10.2. The number of halogens is 1. The highest BCUT2D eigenvalue weighted by molar-refractivity contribution is 5.88. The fraction of sp³-hybridized carbons (Fsp3) is 0.200. The number of rotatable bonds is 4. The van der Waals surface area contributed by atoms with Crippen LogP contribution in [-0.2, 0) is 11.3 Å². The van der Waals surface area contributed by atoms with Gasteiger partial charge < -0.3 is 9.47 Å². The second-order valence-electron chi connectivity index (χ2n) is 4.21. The Hall–Kier alpha value is -2.43. The molecule has 0 radical (unpaired) electrons. The highest BCUT2D eigenvalue weighted by Gasteiger charge is 2.08. The van der Waals surface area contributed by atoms with Crippen molar-refractivity contribution in [2.45, 2.75) is 13.5 Å². The first kappa shape index (κ1) is 14.0. The maximum absolute atomic E-state index is 13.7. The van der Waals surface area contributed by atoms with Gasteiger partial charge >= 0.3 is 5.97 Å². The van der Waals surface area contributed by atoms with Gasteiger partial charge in [0.1, 0.15) is 6.61 Å². The number of esters is 1. The highest BCUT2D eigenvalue weighted by atomic mass is 19.1.